The molecule has 1 N–H and O–H groups in total. The van der Waals surface area contributed by atoms with E-state index >= 15 is 0 Å². The largest absolute Gasteiger partial charge is 0.370 e. The maximum absolute atomic E-state index is 6.12. The molecule has 0 aliphatic rings. The Kier molecular flexibility index (Phi) is 5.36. The Balaban J connectivity index is 1.89. The first-order chi connectivity index (χ1) is 9.70. The summed E-state index contributed by atoms with van der Waals surface area (Å²) in [5.41, 5.74) is 2.28. The lowest BCUT2D eigenvalue weighted by atomic mass is 10.1. The molecule has 1 aromatic carbocycles. The van der Waals surface area contributed by atoms with Crippen LogP contribution >= 0.6 is 11.6 Å². The standard InChI is InChI=1S/C16H20ClN3/c1-3-14-19-15(17)12(2)16(20-14)18-11-7-10-13-8-5-4-6-9-13/h4-6,8-9H,3,7,10-11H2,1-2H3,(H,18,19,20). The highest BCUT2D eigenvalue weighted by molar-refractivity contribution is 6.30. The summed E-state index contributed by atoms with van der Waals surface area (Å²) in [7, 11) is 0. The molecule has 106 valence electrons. The van der Waals surface area contributed by atoms with E-state index in [0.29, 0.717) is 5.15 Å². The van der Waals surface area contributed by atoms with Crippen LogP contribution in [0.25, 0.3) is 0 Å². The van der Waals surface area contributed by atoms with Crippen LogP contribution in [-0.2, 0) is 12.8 Å². The van der Waals surface area contributed by atoms with Crippen LogP contribution in [0.15, 0.2) is 30.3 Å². The van der Waals surface area contributed by atoms with Crippen LogP contribution < -0.4 is 5.32 Å². The Bertz CT molecular complexity index is 555. The summed E-state index contributed by atoms with van der Waals surface area (Å²) >= 11 is 6.12. The fourth-order valence-corrected chi connectivity index (χ4v) is 2.19. The van der Waals surface area contributed by atoms with Gasteiger partial charge in [0.25, 0.3) is 0 Å². The number of halogens is 1. The quantitative estimate of drug-likeness (QED) is 0.644. The summed E-state index contributed by atoms with van der Waals surface area (Å²) in [5.74, 6) is 1.64. The molecule has 0 aliphatic carbocycles. The third-order valence-electron chi connectivity index (χ3n) is 3.23. The summed E-state index contributed by atoms with van der Waals surface area (Å²) in [4.78, 5) is 8.73. The Morgan fingerprint density at radius 3 is 2.60 bits per heavy atom. The van der Waals surface area contributed by atoms with E-state index in [9.17, 15) is 0 Å². The van der Waals surface area contributed by atoms with Gasteiger partial charge in [0.05, 0.1) is 0 Å². The number of benzene rings is 1. The van der Waals surface area contributed by atoms with Gasteiger partial charge in [-0.2, -0.15) is 0 Å². The van der Waals surface area contributed by atoms with Crippen molar-refractivity contribution in [3.8, 4) is 0 Å². The molecule has 1 aromatic heterocycles. The summed E-state index contributed by atoms with van der Waals surface area (Å²) in [6, 6.07) is 10.5. The van der Waals surface area contributed by atoms with Gasteiger partial charge in [-0.05, 0) is 25.3 Å². The number of nitrogens with one attached hydrogen (secondary N) is 1. The molecule has 0 saturated heterocycles. The Hall–Kier alpha value is -1.61. The number of anilines is 1. The fraction of sp³-hybridized carbons (Fsp3) is 0.375. The highest BCUT2D eigenvalue weighted by Gasteiger charge is 2.07. The number of aromatic nitrogens is 2. The molecular weight excluding hydrogens is 270 g/mol. The second-order valence-electron chi connectivity index (χ2n) is 4.77. The molecule has 3 nitrogen and oxygen atoms in total. The Morgan fingerprint density at radius 2 is 1.90 bits per heavy atom. The van der Waals surface area contributed by atoms with E-state index in [2.05, 4.69) is 39.6 Å². The van der Waals surface area contributed by atoms with E-state index in [4.69, 9.17) is 11.6 Å². The van der Waals surface area contributed by atoms with Crippen molar-refractivity contribution in [2.45, 2.75) is 33.1 Å². The van der Waals surface area contributed by atoms with E-state index in [1.807, 2.05) is 19.9 Å². The monoisotopic (exact) mass is 289 g/mol. The molecule has 2 aromatic rings. The average Bonchev–Trinajstić information content (AvgIpc) is 2.48. The van der Waals surface area contributed by atoms with Crippen molar-refractivity contribution in [3.63, 3.8) is 0 Å². The van der Waals surface area contributed by atoms with Crippen molar-refractivity contribution >= 4 is 17.4 Å². The summed E-state index contributed by atoms with van der Waals surface area (Å²) < 4.78 is 0. The first-order valence-corrected chi connectivity index (χ1v) is 7.39. The van der Waals surface area contributed by atoms with Crippen LogP contribution in [0.2, 0.25) is 5.15 Å². The second kappa shape index (κ2) is 7.25. The molecule has 0 bridgehead atoms. The Labute approximate surface area is 125 Å². The van der Waals surface area contributed by atoms with Crippen molar-refractivity contribution in [1.29, 1.82) is 0 Å². The number of rotatable bonds is 6. The minimum absolute atomic E-state index is 0.544. The number of hydrogen-bond acceptors (Lipinski definition) is 3. The van der Waals surface area contributed by atoms with Crippen LogP contribution in [0.3, 0.4) is 0 Å². The molecule has 1 heterocycles. The van der Waals surface area contributed by atoms with Crippen molar-refractivity contribution in [2.24, 2.45) is 0 Å². The maximum Gasteiger partial charge on any atom is 0.137 e. The van der Waals surface area contributed by atoms with Crippen molar-refractivity contribution in [3.05, 3.63) is 52.4 Å². The number of aryl methyl sites for hydroxylation is 2. The van der Waals surface area contributed by atoms with Crippen LogP contribution in [0.4, 0.5) is 5.82 Å². The van der Waals surface area contributed by atoms with Crippen LogP contribution in [-0.4, -0.2) is 16.5 Å². The van der Waals surface area contributed by atoms with E-state index in [1.54, 1.807) is 0 Å². The van der Waals surface area contributed by atoms with Crippen LogP contribution in [0, 0.1) is 6.92 Å². The lowest BCUT2D eigenvalue weighted by molar-refractivity contribution is 0.849. The summed E-state index contributed by atoms with van der Waals surface area (Å²) in [6.45, 7) is 4.85. The van der Waals surface area contributed by atoms with Gasteiger partial charge in [0, 0.05) is 18.5 Å². The topological polar surface area (TPSA) is 37.8 Å². The van der Waals surface area contributed by atoms with Gasteiger partial charge in [-0.3, -0.25) is 0 Å². The lowest BCUT2D eigenvalue weighted by Crippen LogP contribution is -2.09. The SMILES string of the molecule is CCc1nc(Cl)c(C)c(NCCCc2ccccc2)n1. The molecule has 0 radical (unpaired) electrons. The van der Waals surface area contributed by atoms with E-state index in [1.165, 1.54) is 5.56 Å². The molecule has 0 aliphatic heterocycles. The molecule has 2 rings (SSSR count). The minimum Gasteiger partial charge on any atom is -0.370 e. The lowest BCUT2D eigenvalue weighted by Gasteiger charge is -2.11. The van der Waals surface area contributed by atoms with Crippen molar-refractivity contribution in [1.82, 2.24) is 9.97 Å². The third-order valence-corrected chi connectivity index (χ3v) is 3.59. The smallest absolute Gasteiger partial charge is 0.137 e. The van der Waals surface area contributed by atoms with Gasteiger partial charge in [0.15, 0.2) is 0 Å². The third kappa shape index (κ3) is 3.94. The molecule has 0 amide bonds. The van der Waals surface area contributed by atoms with Crippen molar-refractivity contribution < 1.29 is 0 Å². The fourth-order valence-electron chi connectivity index (χ4n) is 2.01. The van der Waals surface area contributed by atoms with Crippen LogP contribution in [0.1, 0.15) is 30.3 Å². The van der Waals surface area contributed by atoms with Gasteiger partial charge in [-0.1, -0.05) is 48.9 Å². The Morgan fingerprint density at radius 1 is 1.15 bits per heavy atom. The molecule has 20 heavy (non-hydrogen) atoms. The average molecular weight is 290 g/mol. The molecular formula is C16H20ClN3. The van der Waals surface area contributed by atoms with E-state index in [-0.39, 0.29) is 0 Å². The summed E-state index contributed by atoms with van der Waals surface area (Å²) in [6.07, 6.45) is 2.91. The van der Waals surface area contributed by atoms with Gasteiger partial charge in [-0.25, -0.2) is 9.97 Å². The van der Waals surface area contributed by atoms with Gasteiger partial charge >= 0.3 is 0 Å². The van der Waals surface area contributed by atoms with E-state index in [0.717, 1.165) is 43.0 Å². The first kappa shape index (κ1) is 14.8. The van der Waals surface area contributed by atoms with Crippen molar-refractivity contribution in [2.75, 3.05) is 11.9 Å². The first-order valence-electron chi connectivity index (χ1n) is 7.01. The molecule has 0 atom stereocenters. The molecule has 0 fully saturated rings. The van der Waals surface area contributed by atoms with Crippen LogP contribution in [0.5, 0.6) is 0 Å². The van der Waals surface area contributed by atoms with Gasteiger partial charge in [0.1, 0.15) is 16.8 Å². The highest BCUT2D eigenvalue weighted by atomic mass is 35.5. The van der Waals surface area contributed by atoms with E-state index < -0.39 is 0 Å². The van der Waals surface area contributed by atoms with Gasteiger partial charge in [0.2, 0.25) is 0 Å². The number of nitrogens with zero attached hydrogens (tertiary/aromatic N) is 2. The predicted molar refractivity (Wildman–Crippen MR) is 84.4 cm³/mol. The predicted octanol–water partition coefficient (Wildman–Crippen LogP) is 4.05. The molecule has 0 spiro atoms. The number of hydrogen-bond donors (Lipinski definition) is 1. The zero-order valence-corrected chi connectivity index (χ0v) is 12.7. The normalized spacial score (nSPS) is 10.6. The zero-order chi connectivity index (χ0) is 14.4. The summed E-state index contributed by atoms with van der Waals surface area (Å²) in [5, 5.41) is 3.91. The molecule has 0 saturated carbocycles. The minimum atomic E-state index is 0.544. The second-order valence-corrected chi connectivity index (χ2v) is 5.13. The maximum atomic E-state index is 6.12. The van der Waals surface area contributed by atoms with Gasteiger partial charge in [-0.15, -0.1) is 0 Å². The zero-order valence-electron chi connectivity index (χ0n) is 12.0. The highest BCUT2D eigenvalue weighted by Crippen LogP contribution is 2.20. The van der Waals surface area contributed by atoms with Gasteiger partial charge < -0.3 is 5.32 Å². The molecule has 4 heteroatoms. The molecule has 0 unspecified atom stereocenters.